The Morgan fingerprint density at radius 1 is 2.00 bits per heavy atom. The first-order valence-corrected chi connectivity index (χ1v) is 3.35. The van der Waals surface area contributed by atoms with Crippen LogP contribution in [0.25, 0.3) is 0 Å². The molecule has 0 fully saturated rings. The summed E-state index contributed by atoms with van der Waals surface area (Å²) in [6, 6.07) is 0. The number of halogens is 1. The lowest BCUT2D eigenvalue weighted by Crippen LogP contribution is -1.81. The van der Waals surface area contributed by atoms with Crippen LogP contribution in [0.5, 0.6) is 0 Å². The van der Waals surface area contributed by atoms with Crippen molar-refractivity contribution in [2.24, 2.45) is 0 Å². The molecule has 30 valence electrons. The lowest BCUT2D eigenvalue weighted by molar-refractivity contribution is 1.47. The van der Waals surface area contributed by atoms with Crippen molar-refractivity contribution in [2.45, 2.75) is 13.2 Å². The number of thiol groups is 1. The van der Waals surface area contributed by atoms with Gasteiger partial charge in [0.25, 0.3) is 3.85 Å². The fourth-order valence-corrected chi connectivity index (χ4v) is 0. The minimum absolute atomic E-state index is 0.549. The summed E-state index contributed by atoms with van der Waals surface area (Å²) in [4.78, 5) is 0. The van der Waals surface area contributed by atoms with E-state index in [-0.39, 0.29) is 0 Å². The predicted molar refractivity (Wildman–Crippen MR) is 39.2 cm³/mol. The highest BCUT2D eigenvalue weighted by atomic mass is 127. The topological polar surface area (TPSA) is 0 Å². The Morgan fingerprint density at radius 2 is 2.20 bits per heavy atom. The molecule has 0 saturated heterocycles. The van der Waals surface area contributed by atoms with Crippen LogP contribution < -0.4 is 0 Å². The Kier molecular flexibility index (Phi) is 4.10. The average Bonchev–Trinajstić information content (AvgIpc) is 1.38. The van der Waals surface area contributed by atoms with Gasteiger partial charge in [-0.2, -0.15) is 0 Å². The van der Waals surface area contributed by atoms with E-state index in [2.05, 4.69) is 41.8 Å². The highest BCUT2D eigenvalue weighted by Gasteiger charge is 1.92. The van der Waals surface area contributed by atoms with E-state index in [0.29, 0.717) is 3.85 Å². The van der Waals surface area contributed by atoms with Crippen molar-refractivity contribution in [1.82, 2.24) is 0 Å². The summed E-state index contributed by atoms with van der Waals surface area (Å²) >= 11 is 6.36. The maximum Gasteiger partial charge on any atom is 0.277 e. The van der Waals surface area contributed by atoms with Crippen molar-refractivity contribution in [3.8, 4) is 0 Å². The fraction of sp³-hybridized carbons (Fsp3) is 1.00. The van der Waals surface area contributed by atoms with Crippen molar-refractivity contribution in [3.63, 3.8) is 0 Å². The molecule has 5 heavy (non-hydrogen) atoms. The Balaban J connectivity index is 2.54. The first-order chi connectivity index (χ1) is 2.27. The molecule has 0 aliphatic heterocycles. The van der Waals surface area contributed by atoms with Crippen LogP contribution in [0.3, 0.4) is 0 Å². The second-order valence-electron chi connectivity index (χ2n) is 0.843. The molecule has 0 unspecified atom stereocenters. The highest BCUT2D eigenvalue weighted by molar-refractivity contribution is 14.1. The third-order valence-electron chi connectivity index (χ3n) is 0.337. The van der Waals surface area contributed by atoms with Crippen molar-refractivity contribution in [2.75, 3.05) is 0 Å². The van der Waals surface area contributed by atoms with Crippen LogP contribution in [0.15, 0.2) is 0 Å². The van der Waals surface area contributed by atoms with E-state index >= 15 is 0 Å². The largest absolute Gasteiger partial charge is 0.277 e. The standard InChI is InChI=1S/C2H6BIS/c1-2-3(4)5/h5H,2H2,1H3. The van der Waals surface area contributed by atoms with Crippen LogP contribution >= 0.6 is 34.9 Å². The molecule has 0 atom stereocenters. The van der Waals surface area contributed by atoms with Gasteiger partial charge in [-0.25, -0.2) is 12.5 Å². The zero-order chi connectivity index (χ0) is 4.28. The van der Waals surface area contributed by atoms with Crippen LogP contribution in [-0.2, 0) is 0 Å². The molecule has 0 aromatic carbocycles. The monoisotopic (exact) mass is 200 g/mol. The van der Waals surface area contributed by atoms with Crippen LogP contribution in [0.2, 0.25) is 6.32 Å². The molecular weight excluding hydrogens is 194 g/mol. The van der Waals surface area contributed by atoms with E-state index in [1.54, 1.807) is 0 Å². The molecule has 0 saturated carbocycles. The van der Waals surface area contributed by atoms with E-state index in [4.69, 9.17) is 0 Å². The van der Waals surface area contributed by atoms with Gasteiger partial charge in [0.15, 0.2) is 0 Å². The number of hydrogen-bond acceptors (Lipinski definition) is 1. The van der Waals surface area contributed by atoms with Crippen molar-refractivity contribution in [3.05, 3.63) is 0 Å². The second kappa shape index (κ2) is 3.34. The third kappa shape index (κ3) is 5.14. The van der Waals surface area contributed by atoms with Gasteiger partial charge in [-0.05, 0) is 0 Å². The van der Waals surface area contributed by atoms with Crippen LogP contribution in [0, 0.1) is 0 Å². The zero-order valence-corrected chi connectivity index (χ0v) is 6.16. The molecule has 0 aliphatic carbocycles. The minimum Gasteiger partial charge on any atom is -0.213 e. The summed E-state index contributed by atoms with van der Waals surface area (Å²) in [5.41, 5.74) is 0. The molecule has 0 aromatic rings. The maximum atomic E-state index is 4.08. The summed E-state index contributed by atoms with van der Waals surface area (Å²) < 4.78 is 0.549. The lowest BCUT2D eigenvalue weighted by atomic mass is 10.1. The molecule has 0 aromatic heterocycles. The Bertz CT molecular complexity index is 23.6. The molecule has 0 radical (unpaired) electrons. The quantitative estimate of drug-likeness (QED) is 0.372. The smallest absolute Gasteiger partial charge is 0.213 e. The molecule has 0 N–H and O–H groups in total. The molecule has 0 spiro atoms. The van der Waals surface area contributed by atoms with Crippen LogP contribution in [-0.4, -0.2) is 3.85 Å². The van der Waals surface area contributed by atoms with E-state index in [0.717, 1.165) is 6.32 Å². The highest BCUT2D eigenvalue weighted by Crippen LogP contribution is 2.02. The molecule has 0 aliphatic rings. The van der Waals surface area contributed by atoms with E-state index in [9.17, 15) is 0 Å². The van der Waals surface area contributed by atoms with Gasteiger partial charge in [0.1, 0.15) is 0 Å². The van der Waals surface area contributed by atoms with E-state index in [1.165, 1.54) is 0 Å². The van der Waals surface area contributed by atoms with Gasteiger partial charge in [-0.3, -0.25) is 0 Å². The SMILES string of the molecule is CCB(S)I. The Hall–Kier alpha value is 1.14. The van der Waals surface area contributed by atoms with Gasteiger partial charge in [0, 0.05) is 0 Å². The summed E-state index contributed by atoms with van der Waals surface area (Å²) in [6.45, 7) is 2.12. The molecule has 0 heterocycles. The first kappa shape index (κ1) is 6.14. The van der Waals surface area contributed by atoms with Gasteiger partial charge in [0.2, 0.25) is 0 Å². The third-order valence-corrected chi connectivity index (χ3v) is 1.58. The van der Waals surface area contributed by atoms with E-state index < -0.39 is 0 Å². The fourth-order valence-electron chi connectivity index (χ4n) is 0. The summed E-state index contributed by atoms with van der Waals surface area (Å²) in [7, 11) is 0. The minimum atomic E-state index is 0.549. The van der Waals surface area contributed by atoms with Gasteiger partial charge in [0.05, 0.1) is 0 Å². The average molecular weight is 200 g/mol. The van der Waals surface area contributed by atoms with Gasteiger partial charge in [-0.15, -0.1) is 22.4 Å². The van der Waals surface area contributed by atoms with Crippen molar-refractivity contribution >= 4 is 38.7 Å². The van der Waals surface area contributed by atoms with E-state index in [1.807, 2.05) is 0 Å². The lowest BCUT2D eigenvalue weighted by Gasteiger charge is -1.80. The first-order valence-electron chi connectivity index (χ1n) is 1.59. The van der Waals surface area contributed by atoms with Crippen LogP contribution in [0.4, 0.5) is 0 Å². The van der Waals surface area contributed by atoms with Gasteiger partial charge < -0.3 is 0 Å². The number of hydrogen-bond donors (Lipinski definition) is 1. The molecule has 0 rings (SSSR count). The zero-order valence-electron chi connectivity index (χ0n) is 3.11. The van der Waals surface area contributed by atoms with Crippen LogP contribution in [0.1, 0.15) is 6.92 Å². The number of rotatable bonds is 1. The van der Waals surface area contributed by atoms with Crippen molar-refractivity contribution < 1.29 is 0 Å². The summed E-state index contributed by atoms with van der Waals surface area (Å²) in [5, 5.41) is 0. The van der Waals surface area contributed by atoms with Gasteiger partial charge >= 0.3 is 0 Å². The Morgan fingerprint density at radius 3 is 2.20 bits per heavy atom. The van der Waals surface area contributed by atoms with Crippen molar-refractivity contribution in [1.29, 1.82) is 0 Å². The second-order valence-corrected chi connectivity index (χ2v) is 3.96. The molecule has 0 bridgehead atoms. The molecular formula is C2H6BIS. The maximum absolute atomic E-state index is 4.08. The molecule has 3 heteroatoms. The van der Waals surface area contributed by atoms with Gasteiger partial charge in [-0.1, -0.05) is 13.2 Å². The summed E-state index contributed by atoms with van der Waals surface area (Å²) in [5.74, 6) is 0. The molecule has 0 nitrogen and oxygen atoms in total. The normalized spacial score (nSPS) is 7.80. The predicted octanol–water partition coefficient (Wildman–Crippen LogP) is 1.86. The summed E-state index contributed by atoms with van der Waals surface area (Å²) in [6.07, 6.45) is 1.16. The molecule has 0 amide bonds. The Labute approximate surface area is 52.0 Å².